The number of benzene rings is 2. The van der Waals surface area contributed by atoms with Crippen molar-refractivity contribution in [2.45, 2.75) is 38.4 Å². The zero-order valence-corrected chi connectivity index (χ0v) is 15.8. The van der Waals surface area contributed by atoms with Gasteiger partial charge in [-0.3, -0.25) is 4.98 Å². The van der Waals surface area contributed by atoms with Crippen LogP contribution in [0.15, 0.2) is 54.6 Å². The Morgan fingerprint density at radius 1 is 0.893 bits per heavy atom. The highest BCUT2D eigenvalue weighted by Crippen LogP contribution is 2.36. The van der Waals surface area contributed by atoms with Crippen molar-refractivity contribution in [1.29, 1.82) is 0 Å². The van der Waals surface area contributed by atoms with E-state index in [0.29, 0.717) is 6.61 Å². The molecule has 1 aliphatic carbocycles. The summed E-state index contributed by atoms with van der Waals surface area (Å²) >= 11 is 0. The van der Waals surface area contributed by atoms with Crippen LogP contribution in [0, 0.1) is 0 Å². The van der Waals surface area contributed by atoms with Crippen LogP contribution in [-0.2, 0) is 19.4 Å². The topological polar surface area (TPSA) is 42.4 Å². The largest absolute Gasteiger partial charge is 0.488 e. The molecule has 3 aromatic rings. The van der Waals surface area contributed by atoms with Crippen molar-refractivity contribution >= 4 is 12.2 Å². The van der Waals surface area contributed by atoms with Gasteiger partial charge in [0.1, 0.15) is 18.5 Å². The van der Waals surface area contributed by atoms with Gasteiger partial charge in [0, 0.05) is 11.3 Å². The number of ether oxygens (including phenoxy) is 1. The average Bonchev–Trinajstić information content (AvgIpc) is 2.89. The molecule has 0 spiro atoms. The van der Waals surface area contributed by atoms with E-state index in [2.05, 4.69) is 24.3 Å². The maximum absolute atomic E-state index is 10.9. The van der Waals surface area contributed by atoms with Crippen LogP contribution in [0.3, 0.4) is 0 Å². The van der Waals surface area contributed by atoms with E-state index in [4.69, 9.17) is 9.72 Å². The Morgan fingerprint density at radius 2 is 1.79 bits per heavy atom. The van der Waals surface area contributed by atoms with Gasteiger partial charge in [0.05, 0.1) is 5.69 Å². The van der Waals surface area contributed by atoms with Gasteiger partial charge in [-0.15, -0.1) is 0 Å². The fourth-order valence-corrected chi connectivity index (χ4v) is 4.14. The van der Waals surface area contributed by atoms with Crippen LogP contribution >= 0.6 is 0 Å². The monoisotopic (exact) mass is 369 g/mol. The van der Waals surface area contributed by atoms with E-state index < -0.39 is 6.10 Å². The molecule has 5 rings (SSSR count). The van der Waals surface area contributed by atoms with Gasteiger partial charge in [-0.25, -0.2) is 0 Å². The Bertz CT molecular complexity index is 1050. The van der Waals surface area contributed by atoms with E-state index in [0.717, 1.165) is 46.5 Å². The van der Waals surface area contributed by atoms with Crippen LogP contribution in [0.5, 0.6) is 5.75 Å². The number of aliphatic hydroxyl groups is 1. The minimum absolute atomic E-state index is 0.481. The van der Waals surface area contributed by atoms with E-state index in [1.165, 1.54) is 24.1 Å². The second kappa shape index (κ2) is 7.25. The zero-order chi connectivity index (χ0) is 18.9. The van der Waals surface area contributed by atoms with Crippen molar-refractivity contribution in [3.05, 3.63) is 93.8 Å². The Labute approximate surface area is 165 Å². The molecule has 2 heterocycles. The van der Waals surface area contributed by atoms with E-state index >= 15 is 0 Å². The number of fused-ring (bicyclic) bond motifs is 3. The Kier molecular flexibility index (Phi) is 4.46. The van der Waals surface area contributed by atoms with Gasteiger partial charge in [0.15, 0.2) is 0 Å². The van der Waals surface area contributed by atoms with Crippen molar-refractivity contribution in [3.63, 3.8) is 0 Å². The summed E-state index contributed by atoms with van der Waals surface area (Å²) in [7, 11) is 0. The average molecular weight is 369 g/mol. The van der Waals surface area contributed by atoms with Crippen molar-refractivity contribution in [1.82, 2.24) is 4.98 Å². The SMILES string of the molecule is OC1c2ccccc2COc2ccc(/C=C/c3ccc4c(n3)CCCC4)cc21. The molecule has 3 nitrogen and oxygen atoms in total. The second-order valence-corrected chi connectivity index (χ2v) is 7.57. The lowest BCUT2D eigenvalue weighted by atomic mass is 9.95. The number of hydrogen-bond acceptors (Lipinski definition) is 3. The molecule has 1 unspecified atom stereocenters. The first-order valence-corrected chi connectivity index (χ1v) is 9.97. The molecule has 0 fully saturated rings. The number of nitrogens with zero attached hydrogens (tertiary/aromatic N) is 1. The Morgan fingerprint density at radius 3 is 2.75 bits per heavy atom. The highest BCUT2D eigenvalue weighted by molar-refractivity contribution is 5.69. The quantitative estimate of drug-likeness (QED) is 0.683. The first-order valence-electron chi connectivity index (χ1n) is 9.97. The number of pyridine rings is 1. The molecule has 1 N–H and O–H groups in total. The number of aryl methyl sites for hydroxylation is 2. The molecule has 0 bridgehead atoms. The third kappa shape index (κ3) is 3.23. The molecular formula is C25H23NO2. The highest BCUT2D eigenvalue weighted by Gasteiger charge is 2.22. The van der Waals surface area contributed by atoms with Gasteiger partial charge in [-0.2, -0.15) is 0 Å². The molecule has 28 heavy (non-hydrogen) atoms. The minimum Gasteiger partial charge on any atom is -0.488 e. The number of aromatic nitrogens is 1. The van der Waals surface area contributed by atoms with E-state index in [-0.39, 0.29) is 0 Å². The molecule has 140 valence electrons. The molecule has 0 amide bonds. The first kappa shape index (κ1) is 17.2. The van der Waals surface area contributed by atoms with Crippen LogP contribution in [-0.4, -0.2) is 10.1 Å². The number of rotatable bonds is 2. The first-order chi connectivity index (χ1) is 13.8. The minimum atomic E-state index is -0.677. The predicted molar refractivity (Wildman–Crippen MR) is 111 cm³/mol. The summed E-state index contributed by atoms with van der Waals surface area (Å²) in [5.74, 6) is 0.743. The van der Waals surface area contributed by atoms with Gasteiger partial charge in [0.25, 0.3) is 0 Å². The molecule has 1 aliphatic heterocycles. The van der Waals surface area contributed by atoms with Gasteiger partial charge < -0.3 is 9.84 Å². The lowest BCUT2D eigenvalue weighted by Gasteiger charge is -2.14. The summed E-state index contributed by atoms with van der Waals surface area (Å²) in [5.41, 5.74) is 7.41. The van der Waals surface area contributed by atoms with Gasteiger partial charge >= 0.3 is 0 Å². The molecule has 0 saturated heterocycles. The summed E-state index contributed by atoms with van der Waals surface area (Å²) in [6.45, 7) is 0.481. The molecular weight excluding hydrogens is 346 g/mol. The van der Waals surface area contributed by atoms with Crippen LogP contribution in [0.2, 0.25) is 0 Å². The molecule has 2 aromatic carbocycles. The number of hydrogen-bond donors (Lipinski definition) is 1. The molecule has 3 heteroatoms. The molecule has 0 saturated carbocycles. The lowest BCUT2D eigenvalue weighted by Crippen LogP contribution is -2.05. The van der Waals surface area contributed by atoms with Crippen LogP contribution < -0.4 is 4.74 Å². The maximum Gasteiger partial charge on any atom is 0.126 e. The van der Waals surface area contributed by atoms with Crippen molar-refractivity contribution in [3.8, 4) is 5.75 Å². The third-order valence-corrected chi connectivity index (χ3v) is 5.71. The fourth-order valence-electron chi connectivity index (χ4n) is 4.14. The Balaban J connectivity index is 1.44. The summed E-state index contributed by atoms with van der Waals surface area (Å²) in [6, 6.07) is 18.2. The maximum atomic E-state index is 10.9. The van der Waals surface area contributed by atoms with Gasteiger partial charge in [0.2, 0.25) is 0 Å². The zero-order valence-electron chi connectivity index (χ0n) is 15.8. The highest BCUT2D eigenvalue weighted by atomic mass is 16.5. The molecule has 1 aromatic heterocycles. The van der Waals surface area contributed by atoms with E-state index in [9.17, 15) is 5.11 Å². The van der Waals surface area contributed by atoms with E-state index in [1.807, 2.05) is 42.5 Å². The summed E-state index contributed by atoms with van der Waals surface area (Å²) < 4.78 is 5.93. The lowest BCUT2D eigenvalue weighted by molar-refractivity contribution is 0.218. The summed E-state index contributed by atoms with van der Waals surface area (Å²) in [5, 5.41) is 10.9. The normalized spacial score (nSPS) is 18.0. The Hall–Kier alpha value is -2.91. The van der Waals surface area contributed by atoms with Crippen LogP contribution in [0.4, 0.5) is 0 Å². The van der Waals surface area contributed by atoms with Crippen LogP contribution in [0.25, 0.3) is 12.2 Å². The van der Waals surface area contributed by atoms with E-state index in [1.54, 1.807) is 0 Å². The molecule has 2 aliphatic rings. The van der Waals surface area contributed by atoms with Crippen molar-refractivity contribution in [2.75, 3.05) is 0 Å². The third-order valence-electron chi connectivity index (χ3n) is 5.71. The molecule has 1 atom stereocenters. The summed E-state index contributed by atoms with van der Waals surface area (Å²) in [6.07, 6.45) is 8.17. The van der Waals surface area contributed by atoms with Crippen molar-refractivity contribution < 1.29 is 9.84 Å². The van der Waals surface area contributed by atoms with Crippen LogP contribution in [0.1, 0.15) is 58.2 Å². The van der Waals surface area contributed by atoms with Crippen molar-refractivity contribution in [2.24, 2.45) is 0 Å². The second-order valence-electron chi connectivity index (χ2n) is 7.57. The fraction of sp³-hybridized carbons (Fsp3) is 0.240. The molecule has 0 radical (unpaired) electrons. The smallest absolute Gasteiger partial charge is 0.126 e. The predicted octanol–water partition coefficient (Wildman–Crippen LogP) is 5.10. The van der Waals surface area contributed by atoms with Gasteiger partial charge in [-0.1, -0.05) is 42.5 Å². The summed E-state index contributed by atoms with van der Waals surface area (Å²) in [4.78, 5) is 4.81. The number of aliphatic hydroxyl groups excluding tert-OH is 1. The van der Waals surface area contributed by atoms with Gasteiger partial charge in [-0.05, 0) is 72.2 Å². The standard InChI is InChI=1S/C25H23NO2/c27-25-21-7-3-1-6-19(21)16-28-24-14-10-17(15-22(24)25)9-12-20-13-11-18-5-2-4-8-23(18)26-20/h1,3,6-7,9-15,25,27H,2,4-5,8,16H2/b12-9+.